The second-order valence-corrected chi connectivity index (χ2v) is 4.05. The van der Waals surface area contributed by atoms with E-state index in [0.717, 1.165) is 19.6 Å². The molecule has 1 aromatic heterocycles. The zero-order valence-corrected chi connectivity index (χ0v) is 11.1. The summed E-state index contributed by atoms with van der Waals surface area (Å²) >= 11 is 5.84. The van der Waals surface area contributed by atoms with Crippen LogP contribution in [0.4, 0.5) is 0 Å². The summed E-state index contributed by atoms with van der Waals surface area (Å²) in [5.41, 5.74) is 0.638. The Morgan fingerprint density at radius 3 is 2.71 bits per heavy atom. The van der Waals surface area contributed by atoms with Crippen LogP contribution in [-0.2, 0) is 6.61 Å². The third kappa shape index (κ3) is 4.50. The summed E-state index contributed by atoms with van der Waals surface area (Å²) in [4.78, 5) is 6.32. The molecule has 0 unspecified atom stereocenters. The van der Waals surface area contributed by atoms with Crippen LogP contribution in [-0.4, -0.2) is 41.2 Å². The third-order valence-electron chi connectivity index (χ3n) is 2.63. The largest absolute Gasteiger partial charge is 0.476 e. The molecule has 0 aliphatic rings. The number of aliphatic hydroxyl groups excluding tert-OH is 1. The molecule has 0 saturated heterocycles. The van der Waals surface area contributed by atoms with Crippen molar-refractivity contribution in [2.45, 2.75) is 20.5 Å². The Hall–Kier alpha value is -0.840. The molecular weight excluding hydrogens is 240 g/mol. The quantitative estimate of drug-likeness (QED) is 0.812. The highest BCUT2D eigenvalue weighted by molar-refractivity contribution is 6.31. The molecule has 17 heavy (non-hydrogen) atoms. The van der Waals surface area contributed by atoms with Gasteiger partial charge in [0.15, 0.2) is 0 Å². The first-order valence-corrected chi connectivity index (χ1v) is 6.19. The number of rotatable bonds is 7. The Kier molecular flexibility index (Phi) is 6.26. The standard InChI is InChI=1S/C12H19ClN2O2/c1-3-15(4-2)5-6-17-12-7-10(9-16)11(13)8-14-12/h7-8,16H,3-6,9H2,1-2H3. The zero-order valence-electron chi connectivity index (χ0n) is 10.3. The number of nitrogens with zero attached hydrogens (tertiary/aromatic N) is 2. The highest BCUT2D eigenvalue weighted by Gasteiger charge is 2.04. The van der Waals surface area contributed by atoms with Gasteiger partial charge in [-0.2, -0.15) is 0 Å². The van der Waals surface area contributed by atoms with Gasteiger partial charge in [-0.1, -0.05) is 25.4 Å². The van der Waals surface area contributed by atoms with E-state index < -0.39 is 0 Å². The zero-order chi connectivity index (χ0) is 12.7. The average Bonchev–Trinajstić information content (AvgIpc) is 2.36. The topological polar surface area (TPSA) is 45.6 Å². The first-order chi connectivity index (χ1) is 8.21. The summed E-state index contributed by atoms with van der Waals surface area (Å²) in [6.07, 6.45) is 1.50. The van der Waals surface area contributed by atoms with E-state index in [4.69, 9.17) is 21.4 Å². The molecule has 5 heteroatoms. The Morgan fingerprint density at radius 2 is 2.12 bits per heavy atom. The van der Waals surface area contributed by atoms with Crippen molar-refractivity contribution in [2.75, 3.05) is 26.2 Å². The summed E-state index contributed by atoms with van der Waals surface area (Å²) in [7, 11) is 0. The van der Waals surface area contributed by atoms with E-state index in [-0.39, 0.29) is 6.61 Å². The second kappa shape index (κ2) is 7.48. The Morgan fingerprint density at radius 1 is 1.41 bits per heavy atom. The minimum absolute atomic E-state index is 0.103. The van der Waals surface area contributed by atoms with Gasteiger partial charge in [-0.3, -0.25) is 0 Å². The fourth-order valence-electron chi connectivity index (χ4n) is 1.48. The van der Waals surface area contributed by atoms with Crippen LogP contribution in [0.1, 0.15) is 19.4 Å². The number of likely N-dealkylation sites (N-methyl/N-ethyl adjacent to an activating group) is 1. The van der Waals surface area contributed by atoms with Gasteiger partial charge in [-0.25, -0.2) is 4.98 Å². The van der Waals surface area contributed by atoms with Crippen LogP contribution in [0, 0.1) is 0 Å². The molecule has 0 radical (unpaired) electrons. The van der Waals surface area contributed by atoms with Crippen LogP contribution in [0.15, 0.2) is 12.3 Å². The molecular formula is C12H19ClN2O2. The van der Waals surface area contributed by atoms with Crippen molar-refractivity contribution < 1.29 is 9.84 Å². The van der Waals surface area contributed by atoms with Gasteiger partial charge in [0.2, 0.25) is 5.88 Å². The van der Waals surface area contributed by atoms with Gasteiger partial charge in [-0.05, 0) is 13.1 Å². The van der Waals surface area contributed by atoms with E-state index in [1.54, 1.807) is 6.07 Å². The van der Waals surface area contributed by atoms with Crippen LogP contribution in [0.2, 0.25) is 5.02 Å². The Labute approximate surface area is 107 Å². The molecule has 0 bridgehead atoms. The number of aliphatic hydroxyl groups is 1. The number of halogens is 1. The Balaban J connectivity index is 2.46. The average molecular weight is 259 g/mol. The Bertz CT molecular complexity index is 343. The number of hydrogen-bond donors (Lipinski definition) is 1. The van der Waals surface area contributed by atoms with Crippen LogP contribution < -0.4 is 4.74 Å². The summed E-state index contributed by atoms with van der Waals surface area (Å²) in [6, 6.07) is 1.67. The monoisotopic (exact) mass is 258 g/mol. The maximum atomic E-state index is 9.06. The molecule has 1 N–H and O–H groups in total. The summed E-state index contributed by atoms with van der Waals surface area (Å²) in [5, 5.41) is 9.52. The van der Waals surface area contributed by atoms with Gasteiger partial charge in [0.1, 0.15) is 6.61 Å². The predicted molar refractivity (Wildman–Crippen MR) is 68.5 cm³/mol. The summed E-state index contributed by atoms with van der Waals surface area (Å²) < 4.78 is 5.52. The van der Waals surface area contributed by atoms with E-state index in [1.165, 1.54) is 6.20 Å². The van der Waals surface area contributed by atoms with Gasteiger partial charge in [-0.15, -0.1) is 0 Å². The highest BCUT2D eigenvalue weighted by Crippen LogP contribution is 2.18. The number of ether oxygens (including phenoxy) is 1. The lowest BCUT2D eigenvalue weighted by Gasteiger charge is -2.17. The number of hydrogen-bond acceptors (Lipinski definition) is 4. The lowest BCUT2D eigenvalue weighted by molar-refractivity contribution is 0.217. The SMILES string of the molecule is CCN(CC)CCOc1cc(CO)c(Cl)cn1. The van der Waals surface area contributed by atoms with E-state index >= 15 is 0 Å². The van der Waals surface area contributed by atoms with Crippen molar-refractivity contribution in [3.8, 4) is 5.88 Å². The first kappa shape index (κ1) is 14.2. The van der Waals surface area contributed by atoms with Gasteiger partial charge in [0.05, 0.1) is 11.6 Å². The number of pyridine rings is 1. The maximum absolute atomic E-state index is 9.06. The predicted octanol–water partition coefficient (Wildman–Crippen LogP) is 1.95. The minimum atomic E-state index is -0.103. The van der Waals surface area contributed by atoms with Crippen molar-refractivity contribution in [3.05, 3.63) is 22.8 Å². The maximum Gasteiger partial charge on any atom is 0.213 e. The van der Waals surface area contributed by atoms with Crippen molar-refractivity contribution in [3.63, 3.8) is 0 Å². The van der Waals surface area contributed by atoms with Crippen LogP contribution in [0.25, 0.3) is 0 Å². The van der Waals surface area contributed by atoms with Gasteiger partial charge >= 0.3 is 0 Å². The van der Waals surface area contributed by atoms with Crippen molar-refractivity contribution in [1.82, 2.24) is 9.88 Å². The molecule has 1 rings (SSSR count). The van der Waals surface area contributed by atoms with Crippen LogP contribution in [0.3, 0.4) is 0 Å². The molecule has 1 heterocycles. The summed E-state index contributed by atoms with van der Waals surface area (Å²) in [5.74, 6) is 0.505. The normalized spacial score (nSPS) is 10.9. The molecule has 0 amide bonds. The molecule has 96 valence electrons. The molecule has 0 aromatic carbocycles. The van der Waals surface area contributed by atoms with Gasteiger partial charge in [0.25, 0.3) is 0 Å². The van der Waals surface area contributed by atoms with E-state index in [2.05, 4.69) is 23.7 Å². The van der Waals surface area contributed by atoms with E-state index in [9.17, 15) is 0 Å². The van der Waals surface area contributed by atoms with E-state index in [1.807, 2.05) is 0 Å². The highest BCUT2D eigenvalue weighted by atomic mass is 35.5. The molecule has 0 saturated carbocycles. The van der Waals surface area contributed by atoms with Crippen molar-refractivity contribution in [1.29, 1.82) is 0 Å². The van der Waals surface area contributed by atoms with Crippen LogP contribution in [0.5, 0.6) is 5.88 Å². The minimum Gasteiger partial charge on any atom is -0.476 e. The fourth-order valence-corrected chi connectivity index (χ4v) is 1.64. The van der Waals surface area contributed by atoms with Crippen molar-refractivity contribution in [2.24, 2.45) is 0 Å². The summed E-state index contributed by atoms with van der Waals surface area (Å²) in [6.45, 7) is 7.61. The molecule has 1 aromatic rings. The number of aromatic nitrogens is 1. The van der Waals surface area contributed by atoms with Gasteiger partial charge < -0.3 is 14.7 Å². The smallest absolute Gasteiger partial charge is 0.213 e. The fraction of sp³-hybridized carbons (Fsp3) is 0.583. The molecule has 0 fully saturated rings. The molecule has 4 nitrogen and oxygen atoms in total. The molecule has 0 spiro atoms. The lowest BCUT2D eigenvalue weighted by atomic mass is 10.3. The van der Waals surface area contributed by atoms with Gasteiger partial charge in [0, 0.05) is 24.4 Å². The third-order valence-corrected chi connectivity index (χ3v) is 2.97. The van der Waals surface area contributed by atoms with Crippen LogP contribution >= 0.6 is 11.6 Å². The molecule has 0 aliphatic carbocycles. The molecule has 0 atom stereocenters. The second-order valence-electron chi connectivity index (χ2n) is 3.65. The van der Waals surface area contributed by atoms with E-state index in [0.29, 0.717) is 23.1 Å². The first-order valence-electron chi connectivity index (χ1n) is 5.81. The van der Waals surface area contributed by atoms with Crippen molar-refractivity contribution >= 4 is 11.6 Å². The molecule has 0 aliphatic heterocycles. The lowest BCUT2D eigenvalue weighted by Crippen LogP contribution is -2.28.